The number of amides is 2. The number of ether oxygens (including phenoxy) is 1. The highest BCUT2D eigenvalue weighted by atomic mass is 35.5. The number of carbonyl (C=O) groups excluding carboxylic acids is 2. The summed E-state index contributed by atoms with van der Waals surface area (Å²) in [7, 11) is 0. The fraction of sp³-hybridized carbons (Fsp3) is 0.429. The van der Waals surface area contributed by atoms with Gasteiger partial charge in [-0.3, -0.25) is 4.79 Å². The molecule has 1 rings (SSSR count). The maximum absolute atomic E-state index is 11.1. The number of halogens is 1. The molecule has 0 bridgehead atoms. The van der Waals surface area contributed by atoms with E-state index in [0.29, 0.717) is 6.54 Å². The number of imide groups is 1. The fourth-order valence-electron chi connectivity index (χ4n) is 0.829. The molecule has 0 aliphatic carbocycles. The Morgan fingerprint density at radius 2 is 2.50 bits per heavy atom. The van der Waals surface area contributed by atoms with Gasteiger partial charge in [-0.25, -0.2) is 9.69 Å². The van der Waals surface area contributed by atoms with E-state index in [1.807, 2.05) is 0 Å². The third-order valence-corrected chi connectivity index (χ3v) is 1.55. The molecule has 2 amide bonds. The summed E-state index contributed by atoms with van der Waals surface area (Å²) in [5.41, 5.74) is 0. The van der Waals surface area contributed by atoms with Crippen molar-refractivity contribution in [2.45, 2.75) is 0 Å². The Morgan fingerprint density at radius 3 is 3.00 bits per heavy atom. The molecule has 66 valence electrons. The number of hydrogen-bond donors (Lipinski definition) is 0. The van der Waals surface area contributed by atoms with E-state index in [1.165, 1.54) is 12.2 Å². The van der Waals surface area contributed by atoms with E-state index in [9.17, 15) is 9.59 Å². The predicted octanol–water partition coefficient (Wildman–Crippen LogP) is 0.760. The second kappa shape index (κ2) is 4.11. The average Bonchev–Trinajstić information content (AvgIpc) is 2.47. The summed E-state index contributed by atoms with van der Waals surface area (Å²) < 4.78 is 4.57. The van der Waals surface area contributed by atoms with Crippen molar-refractivity contribution < 1.29 is 14.3 Å². The van der Waals surface area contributed by atoms with E-state index >= 15 is 0 Å². The summed E-state index contributed by atoms with van der Waals surface area (Å²) in [6.45, 7) is 0.601. The smallest absolute Gasteiger partial charge is 0.416 e. The number of allylic oxidation sites excluding steroid dienone is 1. The van der Waals surface area contributed by atoms with Gasteiger partial charge in [0, 0.05) is 12.0 Å². The van der Waals surface area contributed by atoms with E-state index in [4.69, 9.17) is 11.6 Å². The zero-order valence-corrected chi connectivity index (χ0v) is 7.08. The van der Waals surface area contributed by atoms with Gasteiger partial charge in [0.25, 0.3) is 5.91 Å². The van der Waals surface area contributed by atoms with Crippen LogP contribution < -0.4 is 0 Å². The highest BCUT2D eigenvalue weighted by Gasteiger charge is 2.26. The van der Waals surface area contributed by atoms with Gasteiger partial charge in [0.2, 0.25) is 0 Å². The van der Waals surface area contributed by atoms with Crippen molar-refractivity contribution in [3.8, 4) is 0 Å². The minimum atomic E-state index is -0.584. The third kappa shape index (κ3) is 1.98. The Kier molecular flexibility index (Phi) is 3.10. The maximum Gasteiger partial charge on any atom is 0.416 e. The van der Waals surface area contributed by atoms with Gasteiger partial charge in [-0.05, 0) is 0 Å². The lowest BCUT2D eigenvalue weighted by Crippen LogP contribution is -2.29. The summed E-state index contributed by atoms with van der Waals surface area (Å²) in [6.07, 6.45) is 2.16. The third-order valence-electron chi connectivity index (χ3n) is 1.38. The van der Waals surface area contributed by atoms with E-state index in [0.717, 1.165) is 4.90 Å². The minimum Gasteiger partial charge on any atom is -0.447 e. The predicted molar refractivity (Wildman–Crippen MR) is 42.9 cm³/mol. The lowest BCUT2D eigenvalue weighted by molar-refractivity contribution is -0.122. The molecule has 0 spiro atoms. The Labute approximate surface area is 74.7 Å². The van der Waals surface area contributed by atoms with Crippen molar-refractivity contribution in [1.29, 1.82) is 0 Å². The first-order valence-electron chi connectivity index (χ1n) is 3.46. The van der Waals surface area contributed by atoms with Crippen LogP contribution in [0, 0.1) is 0 Å². The second-order valence-corrected chi connectivity index (χ2v) is 2.47. The number of carbonyl (C=O) groups is 2. The van der Waals surface area contributed by atoms with Crippen molar-refractivity contribution in [3.05, 3.63) is 12.2 Å². The highest BCUT2D eigenvalue weighted by molar-refractivity contribution is 6.19. The minimum absolute atomic E-state index is 0.259. The van der Waals surface area contributed by atoms with Crippen molar-refractivity contribution in [2.24, 2.45) is 0 Å². The number of rotatable bonds is 2. The molecular weight excluding hydrogens is 182 g/mol. The first-order valence-corrected chi connectivity index (χ1v) is 4.00. The van der Waals surface area contributed by atoms with E-state index < -0.39 is 6.09 Å². The maximum atomic E-state index is 11.1. The molecule has 0 aromatic heterocycles. The molecule has 4 nitrogen and oxygen atoms in total. The van der Waals surface area contributed by atoms with Crippen LogP contribution in [0.5, 0.6) is 0 Å². The standard InChI is InChI=1S/C7H8ClNO3/c8-3-1-2-6(10)9-4-5-12-7(9)11/h1-2H,3-5H2/b2-1+. The van der Waals surface area contributed by atoms with Crippen LogP contribution >= 0.6 is 11.6 Å². The van der Waals surface area contributed by atoms with Gasteiger partial charge in [0.15, 0.2) is 0 Å². The number of nitrogens with zero attached hydrogens (tertiary/aromatic N) is 1. The average molecular weight is 190 g/mol. The van der Waals surface area contributed by atoms with Crippen molar-refractivity contribution in [3.63, 3.8) is 0 Å². The molecule has 0 unspecified atom stereocenters. The Morgan fingerprint density at radius 1 is 1.75 bits per heavy atom. The summed E-state index contributed by atoms with van der Waals surface area (Å²) >= 11 is 5.31. The summed E-state index contributed by atoms with van der Waals surface area (Å²) in [5, 5.41) is 0. The SMILES string of the molecule is O=C(/C=C/CCl)N1CCOC1=O. The monoisotopic (exact) mass is 189 g/mol. The quantitative estimate of drug-likeness (QED) is 0.476. The fourth-order valence-corrected chi connectivity index (χ4v) is 0.918. The van der Waals surface area contributed by atoms with Crippen LogP contribution in [-0.4, -0.2) is 35.9 Å². The Hall–Kier alpha value is -1.03. The number of hydrogen-bond acceptors (Lipinski definition) is 3. The molecule has 5 heteroatoms. The van der Waals surface area contributed by atoms with Gasteiger partial charge in [-0.1, -0.05) is 6.08 Å². The van der Waals surface area contributed by atoms with Crippen molar-refractivity contribution in [2.75, 3.05) is 19.0 Å². The molecule has 1 fully saturated rings. The van der Waals surface area contributed by atoms with Crippen LogP contribution in [0.15, 0.2) is 12.2 Å². The Balaban J connectivity index is 2.52. The van der Waals surface area contributed by atoms with Gasteiger partial charge in [0.1, 0.15) is 6.61 Å². The molecular formula is C7H8ClNO3. The highest BCUT2D eigenvalue weighted by Crippen LogP contribution is 2.03. The van der Waals surface area contributed by atoms with Gasteiger partial charge in [-0.15, -0.1) is 11.6 Å². The molecule has 1 aliphatic rings. The van der Waals surface area contributed by atoms with E-state index in [2.05, 4.69) is 4.74 Å². The molecule has 0 N–H and O–H groups in total. The summed E-state index contributed by atoms with van der Waals surface area (Å²) in [5.74, 6) is -0.118. The van der Waals surface area contributed by atoms with Crippen LogP contribution in [0.25, 0.3) is 0 Å². The van der Waals surface area contributed by atoms with E-state index in [-0.39, 0.29) is 18.4 Å². The molecule has 0 saturated carbocycles. The lowest BCUT2D eigenvalue weighted by Gasteiger charge is -2.05. The number of cyclic esters (lactones) is 1. The van der Waals surface area contributed by atoms with Crippen LogP contribution in [0.1, 0.15) is 0 Å². The zero-order chi connectivity index (χ0) is 8.97. The lowest BCUT2D eigenvalue weighted by atomic mass is 10.4. The molecule has 12 heavy (non-hydrogen) atoms. The molecule has 1 heterocycles. The molecule has 0 radical (unpaired) electrons. The molecule has 0 aromatic rings. The van der Waals surface area contributed by atoms with Crippen LogP contribution in [0.3, 0.4) is 0 Å². The second-order valence-electron chi connectivity index (χ2n) is 2.16. The summed E-state index contributed by atoms with van der Waals surface area (Å²) in [4.78, 5) is 22.9. The topological polar surface area (TPSA) is 46.6 Å². The Bertz CT molecular complexity index is 227. The van der Waals surface area contributed by atoms with Crippen LogP contribution in [0.2, 0.25) is 0 Å². The van der Waals surface area contributed by atoms with Gasteiger partial charge < -0.3 is 4.74 Å². The molecule has 1 saturated heterocycles. The normalized spacial score (nSPS) is 17.1. The molecule has 0 atom stereocenters. The van der Waals surface area contributed by atoms with Crippen LogP contribution in [-0.2, 0) is 9.53 Å². The first kappa shape index (κ1) is 9.06. The van der Waals surface area contributed by atoms with Gasteiger partial charge >= 0.3 is 6.09 Å². The number of alkyl halides is 1. The van der Waals surface area contributed by atoms with Crippen molar-refractivity contribution in [1.82, 2.24) is 4.90 Å². The van der Waals surface area contributed by atoms with Gasteiger partial charge in [0.05, 0.1) is 6.54 Å². The van der Waals surface area contributed by atoms with Crippen molar-refractivity contribution >= 4 is 23.6 Å². The van der Waals surface area contributed by atoms with Crippen LogP contribution in [0.4, 0.5) is 4.79 Å². The molecule has 1 aliphatic heterocycles. The van der Waals surface area contributed by atoms with E-state index in [1.54, 1.807) is 0 Å². The zero-order valence-electron chi connectivity index (χ0n) is 6.33. The first-order chi connectivity index (χ1) is 5.75. The molecule has 0 aromatic carbocycles. The van der Waals surface area contributed by atoms with Gasteiger partial charge in [-0.2, -0.15) is 0 Å². The largest absolute Gasteiger partial charge is 0.447 e. The summed E-state index contributed by atoms with van der Waals surface area (Å²) in [6, 6.07) is 0.